The van der Waals surface area contributed by atoms with E-state index in [0.29, 0.717) is 0 Å². The van der Waals surface area contributed by atoms with Crippen LogP contribution in [0.15, 0.2) is 18.5 Å². The fraction of sp³-hybridized carbons (Fsp3) is 0.375. The third kappa shape index (κ3) is 2.79. The monoisotopic (exact) mass is 206 g/mol. The predicted octanol–water partition coefficient (Wildman–Crippen LogP) is 1.99. The van der Waals surface area contributed by atoms with Crippen LogP contribution in [-0.4, -0.2) is 17.3 Å². The van der Waals surface area contributed by atoms with Crippen LogP contribution >= 0.6 is 0 Å². The molecule has 0 bridgehead atoms. The largest absolute Gasteiger partial charge is 0.480 e. The van der Waals surface area contributed by atoms with Gasteiger partial charge < -0.3 is 10.5 Å². The molecule has 0 aliphatic rings. The Morgan fingerprint density at radius 1 is 1.43 bits per heavy atom. The molecular weight excluding hydrogens is 197 g/mol. The highest BCUT2D eigenvalue weighted by Gasteiger charge is 2.38. The fourth-order valence-electron chi connectivity index (χ4n) is 0.771. The summed E-state index contributed by atoms with van der Waals surface area (Å²) in [6.45, 7) is 0.920. The summed E-state index contributed by atoms with van der Waals surface area (Å²) in [6, 6.07) is 1.29. The summed E-state index contributed by atoms with van der Waals surface area (Å²) >= 11 is 0. The van der Waals surface area contributed by atoms with E-state index in [9.17, 15) is 13.2 Å². The first kappa shape index (κ1) is 10.6. The number of ether oxygens (including phenoxy) is 1. The van der Waals surface area contributed by atoms with Gasteiger partial charge in [-0.1, -0.05) is 0 Å². The number of hydrogen-bond donors (Lipinski definition) is 1. The topological polar surface area (TPSA) is 48.1 Å². The molecule has 0 aromatic carbocycles. The zero-order valence-corrected chi connectivity index (χ0v) is 7.38. The first-order valence-electron chi connectivity index (χ1n) is 3.83. The second-order valence-corrected chi connectivity index (χ2v) is 2.76. The van der Waals surface area contributed by atoms with Crippen molar-refractivity contribution < 1.29 is 17.9 Å². The molecule has 0 saturated carbocycles. The number of alkyl halides is 3. The Balaban J connectivity index is 2.70. The van der Waals surface area contributed by atoms with Crippen LogP contribution in [0.4, 0.5) is 18.9 Å². The van der Waals surface area contributed by atoms with Crippen molar-refractivity contribution in [2.45, 2.75) is 19.2 Å². The first-order chi connectivity index (χ1) is 6.39. The average molecular weight is 206 g/mol. The third-order valence-corrected chi connectivity index (χ3v) is 1.51. The van der Waals surface area contributed by atoms with Crippen molar-refractivity contribution in [1.82, 2.24) is 4.98 Å². The van der Waals surface area contributed by atoms with E-state index in [1.807, 2.05) is 0 Å². The van der Waals surface area contributed by atoms with Crippen molar-refractivity contribution in [1.29, 1.82) is 0 Å². The van der Waals surface area contributed by atoms with Crippen LogP contribution in [0.25, 0.3) is 0 Å². The molecule has 1 unspecified atom stereocenters. The number of pyridine rings is 1. The van der Waals surface area contributed by atoms with Gasteiger partial charge in [-0.25, -0.2) is 0 Å². The molecule has 0 fully saturated rings. The standard InChI is InChI=1S/C8H9F3N2O/c1-5(8(9,10)11)14-7-2-6(12)3-13-4-7/h2-5H,12H2,1H3. The Labute approximate surface area is 78.7 Å². The van der Waals surface area contributed by atoms with E-state index in [2.05, 4.69) is 9.72 Å². The van der Waals surface area contributed by atoms with Gasteiger partial charge in [-0.2, -0.15) is 13.2 Å². The van der Waals surface area contributed by atoms with Gasteiger partial charge >= 0.3 is 6.18 Å². The first-order valence-corrected chi connectivity index (χ1v) is 3.83. The van der Waals surface area contributed by atoms with Crippen molar-refractivity contribution in [3.8, 4) is 5.75 Å². The van der Waals surface area contributed by atoms with Gasteiger partial charge in [0.1, 0.15) is 5.75 Å². The number of halogens is 3. The zero-order valence-electron chi connectivity index (χ0n) is 7.38. The lowest BCUT2D eigenvalue weighted by Gasteiger charge is -2.17. The summed E-state index contributed by atoms with van der Waals surface area (Å²) in [4.78, 5) is 3.60. The van der Waals surface area contributed by atoms with E-state index in [4.69, 9.17) is 5.73 Å². The molecule has 1 aromatic rings. The van der Waals surface area contributed by atoms with Crippen LogP contribution in [0, 0.1) is 0 Å². The summed E-state index contributed by atoms with van der Waals surface area (Å²) in [6.07, 6.45) is -3.75. The van der Waals surface area contributed by atoms with Gasteiger partial charge in [0, 0.05) is 6.07 Å². The number of aromatic nitrogens is 1. The second-order valence-electron chi connectivity index (χ2n) is 2.76. The van der Waals surface area contributed by atoms with Gasteiger partial charge in [0.25, 0.3) is 0 Å². The van der Waals surface area contributed by atoms with Crippen molar-refractivity contribution in [2.24, 2.45) is 0 Å². The summed E-state index contributed by atoms with van der Waals surface area (Å²) in [7, 11) is 0. The van der Waals surface area contributed by atoms with E-state index >= 15 is 0 Å². The number of nitrogens with two attached hydrogens (primary N) is 1. The zero-order chi connectivity index (χ0) is 10.8. The van der Waals surface area contributed by atoms with Crippen molar-refractivity contribution >= 4 is 5.69 Å². The van der Waals surface area contributed by atoms with Crippen LogP contribution in [0.3, 0.4) is 0 Å². The minimum atomic E-state index is -4.38. The number of rotatable bonds is 2. The quantitative estimate of drug-likeness (QED) is 0.804. The predicted molar refractivity (Wildman–Crippen MR) is 44.8 cm³/mol. The molecule has 1 aromatic heterocycles. The number of anilines is 1. The second kappa shape index (κ2) is 3.73. The highest BCUT2D eigenvalue weighted by Crippen LogP contribution is 2.24. The molecular formula is C8H9F3N2O. The summed E-state index contributed by atoms with van der Waals surface area (Å²) < 4.78 is 40.8. The molecule has 0 amide bonds. The molecule has 1 rings (SSSR count). The molecule has 3 nitrogen and oxygen atoms in total. The molecule has 0 saturated heterocycles. The van der Waals surface area contributed by atoms with Gasteiger partial charge in [0.05, 0.1) is 18.1 Å². The van der Waals surface area contributed by atoms with E-state index in [1.165, 1.54) is 18.5 Å². The highest BCUT2D eigenvalue weighted by molar-refractivity contribution is 5.40. The van der Waals surface area contributed by atoms with E-state index in [1.54, 1.807) is 0 Å². The Morgan fingerprint density at radius 3 is 2.57 bits per heavy atom. The Hall–Kier alpha value is -1.46. The van der Waals surface area contributed by atoms with Crippen LogP contribution in [0.1, 0.15) is 6.92 Å². The molecule has 6 heteroatoms. The van der Waals surface area contributed by atoms with Gasteiger partial charge in [-0.3, -0.25) is 4.98 Å². The lowest BCUT2D eigenvalue weighted by atomic mass is 10.3. The average Bonchev–Trinajstić information content (AvgIpc) is 2.02. The fourth-order valence-corrected chi connectivity index (χ4v) is 0.771. The van der Waals surface area contributed by atoms with Gasteiger partial charge in [0.15, 0.2) is 6.10 Å². The number of hydrogen-bond acceptors (Lipinski definition) is 3. The minimum absolute atomic E-state index is 0.00910. The van der Waals surface area contributed by atoms with Gasteiger partial charge in [0.2, 0.25) is 0 Å². The van der Waals surface area contributed by atoms with Crippen LogP contribution in [0.2, 0.25) is 0 Å². The summed E-state index contributed by atoms with van der Waals surface area (Å²) in [5.74, 6) is 0.00910. The maximum absolute atomic E-state index is 12.1. The van der Waals surface area contributed by atoms with E-state index < -0.39 is 12.3 Å². The smallest absolute Gasteiger partial charge is 0.425 e. The SMILES string of the molecule is CC(Oc1cncc(N)c1)C(F)(F)F. The molecule has 78 valence electrons. The summed E-state index contributed by atoms with van der Waals surface area (Å²) in [5, 5.41) is 0. The summed E-state index contributed by atoms with van der Waals surface area (Å²) in [5.41, 5.74) is 5.58. The van der Waals surface area contributed by atoms with Crippen molar-refractivity contribution in [2.75, 3.05) is 5.73 Å². The van der Waals surface area contributed by atoms with Crippen LogP contribution in [-0.2, 0) is 0 Å². The van der Waals surface area contributed by atoms with E-state index in [-0.39, 0.29) is 11.4 Å². The maximum atomic E-state index is 12.1. The molecule has 0 spiro atoms. The molecule has 1 atom stereocenters. The van der Waals surface area contributed by atoms with Crippen molar-refractivity contribution in [3.05, 3.63) is 18.5 Å². The molecule has 0 aliphatic carbocycles. The Morgan fingerprint density at radius 2 is 2.07 bits per heavy atom. The normalized spacial score (nSPS) is 13.7. The van der Waals surface area contributed by atoms with Crippen LogP contribution < -0.4 is 10.5 Å². The molecule has 14 heavy (non-hydrogen) atoms. The number of nitrogens with zero attached hydrogens (tertiary/aromatic N) is 1. The maximum Gasteiger partial charge on any atom is 0.425 e. The molecule has 0 aliphatic heterocycles. The van der Waals surface area contributed by atoms with Crippen molar-refractivity contribution in [3.63, 3.8) is 0 Å². The van der Waals surface area contributed by atoms with Crippen LogP contribution in [0.5, 0.6) is 5.75 Å². The Bertz CT molecular complexity index is 314. The van der Waals surface area contributed by atoms with Gasteiger partial charge in [-0.05, 0) is 6.92 Å². The third-order valence-electron chi connectivity index (χ3n) is 1.51. The van der Waals surface area contributed by atoms with E-state index in [0.717, 1.165) is 6.92 Å². The lowest BCUT2D eigenvalue weighted by Crippen LogP contribution is -2.31. The number of nitrogen functional groups attached to an aromatic ring is 1. The lowest BCUT2D eigenvalue weighted by molar-refractivity contribution is -0.189. The minimum Gasteiger partial charge on any atom is -0.480 e. The molecule has 2 N–H and O–H groups in total. The highest BCUT2D eigenvalue weighted by atomic mass is 19.4. The Kier molecular flexibility index (Phi) is 2.83. The molecule has 1 heterocycles. The molecule has 0 radical (unpaired) electrons. The van der Waals surface area contributed by atoms with Gasteiger partial charge in [-0.15, -0.1) is 0 Å².